The molecular formula is C12H15NO4S. The van der Waals surface area contributed by atoms with E-state index in [9.17, 15) is 13.2 Å². The smallest absolute Gasteiger partial charge is 0.309 e. The summed E-state index contributed by atoms with van der Waals surface area (Å²) in [5.74, 6) is -0.298. The normalized spacial score (nSPS) is 15.4. The van der Waals surface area contributed by atoms with Crippen LogP contribution >= 0.6 is 0 Å². The van der Waals surface area contributed by atoms with Gasteiger partial charge in [-0.15, -0.1) is 0 Å². The molecule has 0 fully saturated rings. The van der Waals surface area contributed by atoms with Gasteiger partial charge in [0, 0.05) is 13.1 Å². The van der Waals surface area contributed by atoms with Crippen LogP contribution in [0.1, 0.15) is 16.7 Å². The lowest BCUT2D eigenvalue weighted by Crippen LogP contribution is -2.23. The monoisotopic (exact) mass is 269 g/mol. The summed E-state index contributed by atoms with van der Waals surface area (Å²) in [5, 5.41) is 0. The topological polar surface area (TPSA) is 63.7 Å². The zero-order chi connectivity index (χ0) is 13.3. The summed E-state index contributed by atoms with van der Waals surface area (Å²) in [6.07, 6.45) is 1.41. The Morgan fingerprint density at radius 3 is 2.61 bits per heavy atom. The molecule has 1 aliphatic heterocycles. The number of carbonyl (C=O) groups excluding carboxylic acids is 1. The number of ether oxygens (including phenoxy) is 1. The van der Waals surface area contributed by atoms with Crippen molar-refractivity contribution in [2.75, 3.05) is 13.4 Å². The second kappa shape index (κ2) is 4.70. The molecule has 1 heterocycles. The fraction of sp³-hybridized carbons (Fsp3) is 0.417. The molecule has 0 saturated heterocycles. The molecule has 0 saturated carbocycles. The number of sulfonamides is 1. The van der Waals surface area contributed by atoms with Crippen molar-refractivity contribution in [3.8, 4) is 0 Å². The van der Waals surface area contributed by atoms with Crippen molar-refractivity contribution in [2.24, 2.45) is 0 Å². The van der Waals surface area contributed by atoms with E-state index in [2.05, 4.69) is 4.74 Å². The molecule has 0 radical (unpaired) electrons. The van der Waals surface area contributed by atoms with Gasteiger partial charge in [-0.25, -0.2) is 8.42 Å². The van der Waals surface area contributed by atoms with Crippen molar-refractivity contribution < 1.29 is 17.9 Å². The highest BCUT2D eigenvalue weighted by molar-refractivity contribution is 7.88. The van der Waals surface area contributed by atoms with Crippen LogP contribution in [0, 0.1) is 0 Å². The Morgan fingerprint density at radius 1 is 1.33 bits per heavy atom. The van der Waals surface area contributed by atoms with Gasteiger partial charge in [0.1, 0.15) is 0 Å². The third-order valence-corrected chi connectivity index (χ3v) is 4.21. The van der Waals surface area contributed by atoms with Gasteiger partial charge in [-0.2, -0.15) is 4.31 Å². The first-order chi connectivity index (χ1) is 8.40. The number of carbonyl (C=O) groups is 1. The van der Waals surface area contributed by atoms with Crippen LogP contribution in [0.3, 0.4) is 0 Å². The van der Waals surface area contributed by atoms with Crippen molar-refractivity contribution in [3.05, 3.63) is 34.9 Å². The summed E-state index contributed by atoms with van der Waals surface area (Å²) >= 11 is 0. The van der Waals surface area contributed by atoms with Crippen LogP contribution in [0.15, 0.2) is 18.2 Å². The molecule has 0 atom stereocenters. The van der Waals surface area contributed by atoms with Crippen molar-refractivity contribution in [3.63, 3.8) is 0 Å². The van der Waals surface area contributed by atoms with Gasteiger partial charge < -0.3 is 4.74 Å². The van der Waals surface area contributed by atoms with Gasteiger partial charge in [0.05, 0.1) is 19.8 Å². The Morgan fingerprint density at radius 2 is 2.00 bits per heavy atom. The van der Waals surface area contributed by atoms with Gasteiger partial charge in [-0.05, 0) is 16.7 Å². The number of esters is 1. The standard InChI is InChI=1S/C12H15NO4S/c1-17-12(14)6-9-3-4-10-7-13(18(2,15)16)8-11(10)5-9/h3-5H,6-8H2,1-2H3. The number of hydrogen-bond donors (Lipinski definition) is 0. The molecule has 0 aromatic heterocycles. The third-order valence-electron chi connectivity index (χ3n) is 3.01. The van der Waals surface area contributed by atoms with Crippen LogP contribution in [0.4, 0.5) is 0 Å². The minimum atomic E-state index is -3.17. The lowest BCUT2D eigenvalue weighted by atomic mass is 10.0. The first kappa shape index (κ1) is 13.0. The van der Waals surface area contributed by atoms with Crippen LogP contribution in [0.2, 0.25) is 0 Å². The molecule has 5 nitrogen and oxygen atoms in total. The zero-order valence-corrected chi connectivity index (χ0v) is 11.2. The molecule has 0 amide bonds. The molecule has 0 bridgehead atoms. The predicted octanol–water partition coefficient (Wildman–Crippen LogP) is 0.677. The summed E-state index contributed by atoms with van der Waals surface area (Å²) < 4.78 is 28.9. The predicted molar refractivity (Wildman–Crippen MR) is 66.3 cm³/mol. The third kappa shape index (κ3) is 2.70. The van der Waals surface area contributed by atoms with Crippen LogP contribution in [-0.4, -0.2) is 32.1 Å². The summed E-state index contributed by atoms with van der Waals surface area (Å²) in [7, 11) is -1.82. The zero-order valence-electron chi connectivity index (χ0n) is 10.3. The summed E-state index contributed by atoms with van der Waals surface area (Å²) in [4.78, 5) is 11.2. The van der Waals surface area contributed by atoms with Crippen LogP contribution in [0.5, 0.6) is 0 Å². The molecule has 1 aromatic rings. The Balaban J connectivity index is 2.20. The first-order valence-electron chi connectivity index (χ1n) is 5.53. The number of fused-ring (bicyclic) bond motifs is 1. The van der Waals surface area contributed by atoms with Gasteiger partial charge in [-0.3, -0.25) is 4.79 Å². The molecule has 0 N–H and O–H groups in total. The number of nitrogens with zero attached hydrogens (tertiary/aromatic N) is 1. The Bertz CT molecular complexity index is 580. The van der Waals surface area contributed by atoms with Gasteiger partial charge in [0.25, 0.3) is 0 Å². The molecule has 0 unspecified atom stereocenters. The second-order valence-corrected chi connectivity index (χ2v) is 6.37. The lowest BCUT2D eigenvalue weighted by molar-refractivity contribution is -0.139. The molecule has 1 aliphatic rings. The highest BCUT2D eigenvalue weighted by Crippen LogP contribution is 2.25. The van der Waals surface area contributed by atoms with Crippen molar-refractivity contribution in [1.29, 1.82) is 0 Å². The Kier molecular flexibility index (Phi) is 3.41. The first-order valence-corrected chi connectivity index (χ1v) is 7.37. The minimum Gasteiger partial charge on any atom is -0.469 e. The lowest BCUT2D eigenvalue weighted by Gasteiger charge is -2.10. The van der Waals surface area contributed by atoms with Crippen molar-refractivity contribution in [1.82, 2.24) is 4.31 Å². The summed E-state index contributed by atoms with van der Waals surface area (Å²) in [5.41, 5.74) is 2.80. The second-order valence-electron chi connectivity index (χ2n) is 4.39. The van der Waals surface area contributed by atoms with Gasteiger partial charge in [0.15, 0.2) is 0 Å². The van der Waals surface area contributed by atoms with E-state index in [1.807, 2.05) is 18.2 Å². The SMILES string of the molecule is COC(=O)Cc1ccc2c(c1)CN(S(C)(=O)=O)C2. The van der Waals surface area contributed by atoms with E-state index < -0.39 is 10.0 Å². The highest BCUT2D eigenvalue weighted by atomic mass is 32.2. The largest absolute Gasteiger partial charge is 0.469 e. The Labute approximate surface area is 106 Å². The van der Waals surface area contributed by atoms with Gasteiger partial charge >= 0.3 is 5.97 Å². The van der Waals surface area contributed by atoms with Crippen LogP contribution < -0.4 is 0 Å². The molecule has 1 aromatic carbocycles. The molecule has 98 valence electrons. The molecule has 0 spiro atoms. The molecule has 18 heavy (non-hydrogen) atoms. The average molecular weight is 269 g/mol. The highest BCUT2D eigenvalue weighted by Gasteiger charge is 2.25. The van der Waals surface area contributed by atoms with Crippen molar-refractivity contribution >= 4 is 16.0 Å². The van der Waals surface area contributed by atoms with Gasteiger partial charge in [0.2, 0.25) is 10.0 Å². The number of hydrogen-bond acceptors (Lipinski definition) is 4. The molecule has 0 aliphatic carbocycles. The Hall–Kier alpha value is -1.40. The van der Waals surface area contributed by atoms with Crippen LogP contribution in [-0.2, 0) is 39.1 Å². The van der Waals surface area contributed by atoms with E-state index in [1.54, 1.807) is 0 Å². The van der Waals surface area contributed by atoms with E-state index in [0.29, 0.717) is 13.1 Å². The van der Waals surface area contributed by atoms with Gasteiger partial charge in [-0.1, -0.05) is 18.2 Å². The fourth-order valence-corrected chi connectivity index (χ4v) is 2.75. The minimum absolute atomic E-state index is 0.211. The van der Waals surface area contributed by atoms with Crippen molar-refractivity contribution in [2.45, 2.75) is 19.5 Å². The number of methoxy groups -OCH3 is 1. The van der Waals surface area contributed by atoms with Crippen LogP contribution in [0.25, 0.3) is 0 Å². The quantitative estimate of drug-likeness (QED) is 0.757. The summed E-state index contributed by atoms with van der Waals surface area (Å²) in [6, 6.07) is 5.58. The maximum atomic E-state index is 11.5. The molecule has 6 heteroatoms. The summed E-state index contributed by atoms with van der Waals surface area (Å²) in [6.45, 7) is 0.788. The maximum absolute atomic E-state index is 11.5. The number of benzene rings is 1. The van der Waals surface area contributed by atoms with E-state index in [4.69, 9.17) is 0 Å². The number of rotatable bonds is 3. The van der Waals surface area contributed by atoms with E-state index in [0.717, 1.165) is 16.7 Å². The van der Waals surface area contributed by atoms with E-state index in [1.165, 1.54) is 17.7 Å². The fourth-order valence-electron chi connectivity index (χ4n) is 2.00. The maximum Gasteiger partial charge on any atom is 0.309 e. The average Bonchev–Trinajstić information content (AvgIpc) is 2.71. The van der Waals surface area contributed by atoms with E-state index >= 15 is 0 Å². The molecule has 2 rings (SSSR count). The van der Waals surface area contributed by atoms with E-state index in [-0.39, 0.29) is 12.4 Å². The molecular weight excluding hydrogens is 254 g/mol.